The van der Waals surface area contributed by atoms with E-state index in [4.69, 9.17) is 9.84 Å². The number of unbranched alkanes of at least 4 members (excludes halogenated alkanes) is 1. The quantitative estimate of drug-likeness (QED) is 0.405. The van der Waals surface area contributed by atoms with Gasteiger partial charge in [-0.25, -0.2) is 0 Å². The first-order chi connectivity index (χ1) is 5.55. The second kappa shape index (κ2) is 3.90. The molecule has 1 N–H and O–H groups in total. The number of epoxide rings is 1. The molecular weight excluding hydrogens is 168 g/mol. The van der Waals surface area contributed by atoms with Gasteiger partial charge >= 0.3 is 0 Å². The third-order valence-electron chi connectivity index (χ3n) is 2.33. The summed E-state index contributed by atoms with van der Waals surface area (Å²) < 4.78 is 5.61. The van der Waals surface area contributed by atoms with Gasteiger partial charge in [-0.15, -0.1) is 0 Å². The molecule has 2 atom stereocenters. The molecule has 0 radical (unpaired) electrons. The lowest BCUT2D eigenvalue weighted by atomic mass is 10.2. The first kappa shape index (κ1) is 10.2. The van der Waals surface area contributed by atoms with E-state index in [9.17, 15) is 0 Å². The lowest BCUT2D eigenvalue weighted by Crippen LogP contribution is -2.30. The van der Waals surface area contributed by atoms with E-state index < -0.39 is 8.07 Å². The van der Waals surface area contributed by atoms with Crippen molar-refractivity contribution in [3.8, 4) is 0 Å². The molecular formula is C9H20O2Si. The molecule has 0 spiro atoms. The molecule has 1 fully saturated rings. The van der Waals surface area contributed by atoms with Crippen molar-refractivity contribution >= 4 is 8.07 Å². The molecule has 2 nitrogen and oxygen atoms in total. The average molecular weight is 188 g/mol. The molecule has 1 aliphatic rings. The molecule has 2 unspecified atom stereocenters. The third-order valence-corrected chi connectivity index (χ3v) is 4.55. The van der Waals surface area contributed by atoms with Crippen molar-refractivity contribution in [2.45, 2.75) is 50.7 Å². The zero-order valence-electron chi connectivity index (χ0n) is 8.34. The van der Waals surface area contributed by atoms with Crippen LogP contribution in [0.3, 0.4) is 0 Å². The summed E-state index contributed by atoms with van der Waals surface area (Å²) in [4.78, 5) is 0. The third kappa shape index (κ3) is 2.88. The largest absolute Gasteiger partial charge is 0.396 e. The van der Waals surface area contributed by atoms with Crippen LogP contribution in [0.5, 0.6) is 0 Å². The van der Waals surface area contributed by atoms with Crippen molar-refractivity contribution in [1.82, 2.24) is 0 Å². The van der Waals surface area contributed by atoms with Gasteiger partial charge in [-0.3, -0.25) is 0 Å². The highest BCUT2D eigenvalue weighted by atomic mass is 28.3. The summed E-state index contributed by atoms with van der Waals surface area (Å²) in [5, 5.41) is 8.59. The van der Waals surface area contributed by atoms with Crippen molar-refractivity contribution < 1.29 is 9.84 Å². The summed E-state index contributed by atoms with van der Waals surface area (Å²) in [6.07, 6.45) is 3.72. The van der Waals surface area contributed by atoms with Gasteiger partial charge in [0.25, 0.3) is 0 Å². The van der Waals surface area contributed by atoms with E-state index in [1.165, 1.54) is 0 Å². The molecule has 3 heteroatoms. The minimum absolute atomic E-state index is 0.324. The van der Waals surface area contributed by atoms with E-state index in [1.807, 2.05) is 0 Å². The fraction of sp³-hybridized carbons (Fsp3) is 1.00. The molecule has 0 aromatic carbocycles. The highest BCUT2D eigenvalue weighted by molar-refractivity contribution is 6.78. The van der Waals surface area contributed by atoms with Crippen LogP contribution in [0.25, 0.3) is 0 Å². The summed E-state index contributed by atoms with van der Waals surface area (Å²) in [6.45, 7) is 7.38. The van der Waals surface area contributed by atoms with Crippen molar-refractivity contribution in [2.75, 3.05) is 6.61 Å². The van der Waals surface area contributed by atoms with Crippen LogP contribution in [0.4, 0.5) is 0 Å². The Morgan fingerprint density at radius 3 is 2.33 bits per heavy atom. The standard InChI is InChI=1S/C9H20O2Si/c1-12(2,3)9-8(11-9)6-4-5-7-10/h8-10H,4-7H2,1-3H3. The molecule has 0 bridgehead atoms. The van der Waals surface area contributed by atoms with Gasteiger partial charge in [-0.1, -0.05) is 19.6 Å². The Kier molecular flexibility index (Phi) is 3.32. The first-order valence-electron chi connectivity index (χ1n) is 4.82. The number of aliphatic hydroxyl groups excluding tert-OH is 1. The number of aliphatic hydroxyl groups is 1. The van der Waals surface area contributed by atoms with Gasteiger partial charge in [0.2, 0.25) is 0 Å². The zero-order valence-corrected chi connectivity index (χ0v) is 9.34. The second-order valence-corrected chi connectivity index (χ2v) is 9.98. The fourth-order valence-corrected chi connectivity index (χ4v) is 3.45. The summed E-state index contributed by atoms with van der Waals surface area (Å²) in [5.41, 5.74) is 0.594. The highest BCUT2D eigenvalue weighted by Gasteiger charge is 2.47. The maximum atomic E-state index is 8.59. The van der Waals surface area contributed by atoms with E-state index in [1.54, 1.807) is 0 Å². The van der Waals surface area contributed by atoms with Gasteiger partial charge in [0.15, 0.2) is 0 Å². The van der Waals surface area contributed by atoms with Gasteiger partial charge in [-0.05, 0) is 19.3 Å². The Labute approximate surface area is 75.9 Å². The van der Waals surface area contributed by atoms with Gasteiger partial charge in [0.05, 0.1) is 19.9 Å². The molecule has 1 rings (SSSR count). The minimum atomic E-state index is -1.03. The predicted molar refractivity (Wildman–Crippen MR) is 52.9 cm³/mol. The molecule has 0 aromatic rings. The Morgan fingerprint density at radius 1 is 1.25 bits per heavy atom. The topological polar surface area (TPSA) is 32.8 Å². The van der Waals surface area contributed by atoms with E-state index in [0.717, 1.165) is 19.3 Å². The minimum Gasteiger partial charge on any atom is -0.396 e. The summed E-state index contributed by atoms with van der Waals surface area (Å²) in [5.74, 6) is 0. The van der Waals surface area contributed by atoms with Crippen molar-refractivity contribution in [1.29, 1.82) is 0 Å². The molecule has 0 saturated carbocycles. The maximum absolute atomic E-state index is 8.59. The van der Waals surface area contributed by atoms with E-state index >= 15 is 0 Å². The van der Waals surface area contributed by atoms with Gasteiger partial charge < -0.3 is 9.84 Å². The van der Waals surface area contributed by atoms with Crippen LogP contribution < -0.4 is 0 Å². The second-order valence-electron chi connectivity index (χ2n) is 4.68. The zero-order chi connectivity index (χ0) is 9.19. The molecule has 1 heterocycles. The van der Waals surface area contributed by atoms with Gasteiger partial charge in [0, 0.05) is 6.61 Å². The number of hydrogen-bond donors (Lipinski definition) is 1. The monoisotopic (exact) mass is 188 g/mol. The van der Waals surface area contributed by atoms with Crippen LogP contribution in [0.1, 0.15) is 19.3 Å². The Morgan fingerprint density at radius 2 is 1.92 bits per heavy atom. The molecule has 12 heavy (non-hydrogen) atoms. The molecule has 1 saturated heterocycles. The Hall–Kier alpha value is 0.137. The van der Waals surface area contributed by atoms with E-state index in [2.05, 4.69) is 19.6 Å². The van der Waals surface area contributed by atoms with E-state index in [-0.39, 0.29) is 0 Å². The fourth-order valence-electron chi connectivity index (χ4n) is 1.58. The first-order valence-corrected chi connectivity index (χ1v) is 8.40. The Bertz CT molecular complexity index is 142. The summed E-state index contributed by atoms with van der Waals surface area (Å²) in [6, 6.07) is 0. The van der Waals surface area contributed by atoms with Crippen molar-refractivity contribution in [3.05, 3.63) is 0 Å². The smallest absolute Gasteiger partial charge is 0.0819 e. The summed E-state index contributed by atoms with van der Waals surface area (Å²) >= 11 is 0. The molecule has 0 aromatic heterocycles. The van der Waals surface area contributed by atoms with Crippen LogP contribution >= 0.6 is 0 Å². The summed E-state index contributed by atoms with van der Waals surface area (Å²) in [7, 11) is -1.03. The number of ether oxygens (including phenoxy) is 1. The predicted octanol–water partition coefficient (Wildman–Crippen LogP) is 1.79. The number of hydrogen-bond acceptors (Lipinski definition) is 2. The van der Waals surface area contributed by atoms with Crippen LogP contribution in [0.2, 0.25) is 19.6 Å². The van der Waals surface area contributed by atoms with Crippen molar-refractivity contribution in [2.24, 2.45) is 0 Å². The lowest BCUT2D eigenvalue weighted by molar-refractivity contribution is 0.278. The molecule has 0 aliphatic carbocycles. The van der Waals surface area contributed by atoms with Crippen LogP contribution in [-0.4, -0.2) is 31.6 Å². The maximum Gasteiger partial charge on any atom is 0.0819 e. The Balaban J connectivity index is 2.08. The molecule has 0 amide bonds. The highest BCUT2D eigenvalue weighted by Crippen LogP contribution is 2.34. The molecule has 72 valence electrons. The number of rotatable bonds is 5. The molecule has 1 aliphatic heterocycles. The lowest BCUT2D eigenvalue weighted by Gasteiger charge is -2.10. The van der Waals surface area contributed by atoms with Crippen LogP contribution in [0.15, 0.2) is 0 Å². The van der Waals surface area contributed by atoms with Gasteiger partial charge in [-0.2, -0.15) is 0 Å². The van der Waals surface area contributed by atoms with Crippen molar-refractivity contribution in [3.63, 3.8) is 0 Å². The van der Waals surface area contributed by atoms with Crippen LogP contribution in [0, 0.1) is 0 Å². The average Bonchev–Trinajstić information content (AvgIpc) is 2.66. The van der Waals surface area contributed by atoms with Gasteiger partial charge in [0.1, 0.15) is 0 Å². The van der Waals surface area contributed by atoms with Crippen LogP contribution in [-0.2, 0) is 4.74 Å². The SMILES string of the molecule is C[Si](C)(C)C1OC1CCCCO. The normalized spacial score (nSPS) is 29.0. The van der Waals surface area contributed by atoms with E-state index in [0.29, 0.717) is 18.4 Å².